The van der Waals surface area contributed by atoms with Crippen molar-refractivity contribution in [1.82, 2.24) is 0 Å². The fourth-order valence-electron chi connectivity index (χ4n) is 1.67. The zero-order valence-corrected chi connectivity index (χ0v) is 9.93. The molecule has 0 unspecified atom stereocenters. The number of nitrogen functional groups attached to an aromatic ring is 1. The first-order chi connectivity index (χ1) is 7.89. The van der Waals surface area contributed by atoms with Crippen LogP contribution in [0.15, 0.2) is 12.1 Å². The van der Waals surface area contributed by atoms with Crippen LogP contribution in [-0.4, -0.2) is 14.2 Å². The van der Waals surface area contributed by atoms with E-state index in [1.54, 1.807) is 0 Å². The highest BCUT2D eigenvalue weighted by atomic mass is 32.2. The Bertz CT molecular complexity index is 539. The summed E-state index contributed by atoms with van der Waals surface area (Å²) in [7, 11) is -3.34. The maximum Gasteiger partial charge on any atom is 0.154 e. The molecule has 2 N–H and O–H groups in total. The minimum atomic E-state index is -3.34. The standard InChI is InChI=1S/C11H13F2NO2S/c12-9-4-3-8(10(13)11(9)14)6-17(15,16)5-7-1-2-7/h3-4,7H,1-2,5-6,14H2. The van der Waals surface area contributed by atoms with E-state index in [-0.39, 0.29) is 17.2 Å². The molecule has 1 fully saturated rings. The zero-order valence-electron chi connectivity index (χ0n) is 9.12. The Morgan fingerprint density at radius 1 is 1.29 bits per heavy atom. The molecule has 3 nitrogen and oxygen atoms in total. The van der Waals surface area contributed by atoms with Gasteiger partial charge in [-0.3, -0.25) is 0 Å². The SMILES string of the molecule is Nc1c(F)ccc(CS(=O)(=O)CC2CC2)c1F. The summed E-state index contributed by atoms with van der Waals surface area (Å²) in [4.78, 5) is 0. The Balaban J connectivity index is 2.20. The van der Waals surface area contributed by atoms with E-state index < -0.39 is 32.9 Å². The highest BCUT2D eigenvalue weighted by Crippen LogP contribution is 2.31. The van der Waals surface area contributed by atoms with Crippen LogP contribution in [0.2, 0.25) is 0 Å². The van der Waals surface area contributed by atoms with Crippen molar-refractivity contribution < 1.29 is 17.2 Å². The molecule has 0 bridgehead atoms. The molecule has 6 heteroatoms. The first kappa shape index (κ1) is 12.3. The predicted molar refractivity (Wildman–Crippen MR) is 61.0 cm³/mol. The van der Waals surface area contributed by atoms with Crippen molar-refractivity contribution in [3.63, 3.8) is 0 Å². The molecule has 0 saturated heterocycles. The predicted octanol–water partition coefficient (Wildman–Crippen LogP) is 1.87. The van der Waals surface area contributed by atoms with Crippen molar-refractivity contribution in [3.05, 3.63) is 29.3 Å². The number of sulfone groups is 1. The lowest BCUT2D eigenvalue weighted by Crippen LogP contribution is -2.12. The number of hydrogen-bond donors (Lipinski definition) is 1. The number of benzene rings is 1. The fraction of sp³-hybridized carbons (Fsp3) is 0.455. The minimum absolute atomic E-state index is 0.0652. The summed E-state index contributed by atoms with van der Waals surface area (Å²) in [6.45, 7) is 0. The Morgan fingerprint density at radius 3 is 2.53 bits per heavy atom. The molecule has 0 amide bonds. The van der Waals surface area contributed by atoms with Crippen molar-refractivity contribution in [2.24, 2.45) is 5.92 Å². The summed E-state index contributed by atoms with van der Waals surface area (Å²) < 4.78 is 49.8. The molecule has 1 aliphatic rings. The average Bonchev–Trinajstić information content (AvgIpc) is 3.02. The summed E-state index contributed by atoms with van der Waals surface area (Å²) in [5, 5.41) is 0. The molecule has 1 aliphatic carbocycles. The van der Waals surface area contributed by atoms with Gasteiger partial charge in [0, 0.05) is 5.56 Å². The average molecular weight is 261 g/mol. The van der Waals surface area contributed by atoms with Crippen LogP contribution in [0.1, 0.15) is 18.4 Å². The molecule has 0 aromatic heterocycles. The molecular formula is C11H13F2NO2S. The van der Waals surface area contributed by atoms with Crippen LogP contribution in [0.4, 0.5) is 14.5 Å². The van der Waals surface area contributed by atoms with Gasteiger partial charge in [0.1, 0.15) is 11.5 Å². The topological polar surface area (TPSA) is 60.2 Å². The minimum Gasteiger partial charge on any atom is -0.394 e. The second-order valence-corrected chi connectivity index (χ2v) is 6.54. The number of anilines is 1. The van der Waals surface area contributed by atoms with Crippen LogP contribution >= 0.6 is 0 Å². The van der Waals surface area contributed by atoms with Gasteiger partial charge in [-0.1, -0.05) is 6.07 Å². The van der Waals surface area contributed by atoms with Crippen LogP contribution in [-0.2, 0) is 15.6 Å². The molecule has 94 valence electrons. The smallest absolute Gasteiger partial charge is 0.154 e. The highest BCUT2D eigenvalue weighted by Gasteiger charge is 2.28. The molecule has 0 radical (unpaired) electrons. The second-order valence-electron chi connectivity index (χ2n) is 4.43. The van der Waals surface area contributed by atoms with Crippen molar-refractivity contribution in [3.8, 4) is 0 Å². The van der Waals surface area contributed by atoms with Crippen molar-refractivity contribution in [2.75, 3.05) is 11.5 Å². The molecule has 0 aliphatic heterocycles. The van der Waals surface area contributed by atoms with Crippen LogP contribution in [0.3, 0.4) is 0 Å². The molecule has 1 aromatic carbocycles. The number of nitrogens with two attached hydrogens (primary N) is 1. The van der Waals surface area contributed by atoms with Gasteiger partial charge in [-0.25, -0.2) is 17.2 Å². The molecule has 0 atom stereocenters. The van der Waals surface area contributed by atoms with E-state index in [1.165, 1.54) is 0 Å². The normalized spacial score (nSPS) is 16.1. The second kappa shape index (κ2) is 4.25. The van der Waals surface area contributed by atoms with Gasteiger partial charge < -0.3 is 5.73 Å². The third kappa shape index (κ3) is 2.94. The summed E-state index contributed by atoms with van der Waals surface area (Å²) in [5.74, 6) is -1.97. The monoisotopic (exact) mass is 261 g/mol. The summed E-state index contributed by atoms with van der Waals surface area (Å²) in [5.41, 5.74) is 4.48. The maximum absolute atomic E-state index is 13.5. The number of rotatable bonds is 4. The van der Waals surface area contributed by atoms with Gasteiger partial charge in [0.15, 0.2) is 15.7 Å². The Morgan fingerprint density at radius 2 is 1.94 bits per heavy atom. The van der Waals surface area contributed by atoms with Crippen molar-refractivity contribution in [1.29, 1.82) is 0 Å². The first-order valence-corrected chi connectivity index (χ1v) is 7.14. The highest BCUT2D eigenvalue weighted by molar-refractivity contribution is 7.90. The summed E-state index contributed by atoms with van der Waals surface area (Å²) in [6, 6.07) is 2.12. The quantitative estimate of drug-likeness (QED) is 0.842. The summed E-state index contributed by atoms with van der Waals surface area (Å²) in [6.07, 6.45) is 1.82. The Labute approximate surface area is 98.5 Å². The zero-order chi connectivity index (χ0) is 12.6. The van der Waals surface area contributed by atoms with E-state index in [2.05, 4.69) is 0 Å². The van der Waals surface area contributed by atoms with Gasteiger partial charge in [0.25, 0.3) is 0 Å². The lowest BCUT2D eigenvalue weighted by Gasteiger charge is -2.07. The molecule has 1 saturated carbocycles. The Kier molecular flexibility index (Phi) is 3.07. The van der Waals surface area contributed by atoms with Gasteiger partial charge in [0.05, 0.1) is 11.5 Å². The molecule has 0 heterocycles. The summed E-state index contributed by atoms with van der Waals surface area (Å²) >= 11 is 0. The van der Waals surface area contributed by atoms with E-state index >= 15 is 0 Å². The largest absolute Gasteiger partial charge is 0.394 e. The molecule has 2 rings (SSSR count). The first-order valence-electron chi connectivity index (χ1n) is 5.32. The van der Waals surface area contributed by atoms with E-state index in [9.17, 15) is 17.2 Å². The maximum atomic E-state index is 13.5. The lowest BCUT2D eigenvalue weighted by molar-refractivity contribution is 0.574. The van der Waals surface area contributed by atoms with E-state index in [4.69, 9.17) is 5.73 Å². The van der Waals surface area contributed by atoms with Crippen molar-refractivity contribution in [2.45, 2.75) is 18.6 Å². The molecule has 17 heavy (non-hydrogen) atoms. The molecule has 1 aromatic rings. The van der Waals surface area contributed by atoms with Crippen LogP contribution < -0.4 is 5.73 Å². The number of hydrogen-bond acceptors (Lipinski definition) is 3. The van der Waals surface area contributed by atoms with Gasteiger partial charge in [-0.2, -0.15) is 0 Å². The lowest BCUT2D eigenvalue weighted by atomic mass is 10.2. The Hall–Kier alpha value is -1.17. The molecular weight excluding hydrogens is 248 g/mol. The van der Waals surface area contributed by atoms with Crippen LogP contribution in [0.25, 0.3) is 0 Å². The third-order valence-electron chi connectivity index (χ3n) is 2.77. The van der Waals surface area contributed by atoms with E-state index in [1.807, 2.05) is 0 Å². The van der Waals surface area contributed by atoms with Gasteiger partial charge in [0.2, 0.25) is 0 Å². The van der Waals surface area contributed by atoms with Gasteiger partial charge in [-0.05, 0) is 24.8 Å². The fourth-order valence-corrected chi connectivity index (χ4v) is 3.53. The number of halogens is 2. The van der Waals surface area contributed by atoms with E-state index in [0.717, 1.165) is 25.0 Å². The van der Waals surface area contributed by atoms with Crippen LogP contribution in [0, 0.1) is 17.6 Å². The van der Waals surface area contributed by atoms with E-state index in [0.29, 0.717) is 0 Å². The van der Waals surface area contributed by atoms with Crippen molar-refractivity contribution >= 4 is 15.5 Å². The van der Waals surface area contributed by atoms with Gasteiger partial charge in [-0.15, -0.1) is 0 Å². The third-order valence-corrected chi connectivity index (χ3v) is 4.50. The molecule has 0 spiro atoms. The van der Waals surface area contributed by atoms with Crippen LogP contribution in [0.5, 0.6) is 0 Å². The van der Waals surface area contributed by atoms with Gasteiger partial charge >= 0.3 is 0 Å².